The predicted molar refractivity (Wildman–Crippen MR) is 96.8 cm³/mol. The molecule has 0 radical (unpaired) electrons. The molecule has 1 saturated heterocycles. The van der Waals surface area contributed by atoms with Gasteiger partial charge in [-0.1, -0.05) is 12.1 Å². The summed E-state index contributed by atoms with van der Waals surface area (Å²) in [5.74, 6) is 0.712. The molecule has 1 unspecified atom stereocenters. The van der Waals surface area contributed by atoms with Crippen LogP contribution in [0.5, 0.6) is 11.5 Å². The first-order chi connectivity index (χ1) is 12.9. The number of carbonyl (C=O) groups excluding carboxylic acids is 2. The van der Waals surface area contributed by atoms with Gasteiger partial charge in [-0.2, -0.15) is 0 Å². The van der Waals surface area contributed by atoms with Gasteiger partial charge in [0.05, 0.1) is 0 Å². The third kappa shape index (κ3) is 2.16. The Morgan fingerprint density at radius 1 is 1.22 bits per heavy atom. The third-order valence-electron chi connectivity index (χ3n) is 6.67. The fourth-order valence-corrected chi connectivity index (χ4v) is 5.74. The van der Waals surface area contributed by atoms with Gasteiger partial charge >= 0.3 is 11.9 Å². The Kier molecular flexibility index (Phi) is 3.47. The van der Waals surface area contributed by atoms with Crippen molar-refractivity contribution in [2.24, 2.45) is 5.92 Å². The molecule has 0 saturated carbocycles. The first-order valence-electron chi connectivity index (χ1n) is 9.49. The number of carbonyl (C=O) groups is 2. The third-order valence-corrected chi connectivity index (χ3v) is 6.67. The van der Waals surface area contributed by atoms with Gasteiger partial charge < -0.3 is 19.1 Å². The molecule has 0 aromatic heterocycles. The van der Waals surface area contributed by atoms with E-state index in [-0.39, 0.29) is 29.4 Å². The number of benzene rings is 1. The van der Waals surface area contributed by atoms with Gasteiger partial charge in [-0.15, -0.1) is 0 Å². The molecular formula is C21H23NO5. The van der Waals surface area contributed by atoms with Gasteiger partial charge in [0.1, 0.15) is 6.10 Å². The summed E-state index contributed by atoms with van der Waals surface area (Å²) in [5, 5.41) is 0. The molecule has 0 amide bonds. The summed E-state index contributed by atoms with van der Waals surface area (Å²) < 4.78 is 17.5. The normalized spacial score (nSPS) is 35.2. The molecule has 5 atom stereocenters. The van der Waals surface area contributed by atoms with Crippen molar-refractivity contribution in [2.45, 2.75) is 50.4 Å². The molecule has 0 N–H and O–H groups in total. The van der Waals surface area contributed by atoms with Crippen molar-refractivity contribution >= 4 is 11.9 Å². The molecule has 2 aliphatic carbocycles. The van der Waals surface area contributed by atoms with Gasteiger partial charge in [-0.3, -0.25) is 9.59 Å². The Morgan fingerprint density at radius 3 is 2.78 bits per heavy atom. The topological polar surface area (TPSA) is 65.1 Å². The highest BCUT2D eigenvalue weighted by Crippen LogP contribution is 2.62. The Morgan fingerprint density at radius 2 is 2.04 bits per heavy atom. The fraction of sp³-hybridized carbons (Fsp3) is 0.524. The summed E-state index contributed by atoms with van der Waals surface area (Å²) in [6.45, 7) is 3.77. The fourth-order valence-electron chi connectivity index (χ4n) is 5.74. The van der Waals surface area contributed by atoms with Crippen LogP contribution in [0.25, 0.3) is 0 Å². The summed E-state index contributed by atoms with van der Waals surface area (Å²) in [6.07, 6.45) is 5.31. The van der Waals surface area contributed by atoms with Crippen LogP contribution in [0, 0.1) is 5.92 Å². The molecular weight excluding hydrogens is 346 g/mol. The number of nitrogens with zero attached hydrogens (tertiary/aromatic N) is 1. The van der Waals surface area contributed by atoms with E-state index in [4.69, 9.17) is 14.2 Å². The smallest absolute Gasteiger partial charge is 0.308 e. The molecule has 1 aromatic carbocycles. The van der Waals surface area contributed by atoms with E-state index in [1.807, 2.05) is 12.1 Å². The molecule has 142 valence electrons. The van der Waals surface area contributed by atoms with Gasteiger partial charge in [-0.25, -0.2) is 0 Å². The monoisotopic (exact) mass is 369 g/mol. The van der Waals surface area contributed by atoms with Crippen molar-refractivity contribution in [3.05, 3.63) is 35.4 Å². The Labute approximate surface area is 158 Å². The van der Waals surface area contributed by atoms with Gasteiger partial charge in [0.25, 0.3) is 0 Å². The molecule has 2 aliphatic heterocycles. The highest BCUT2D eigenvalue weighted by Gasteiger charge is 2.65. The van der Waals surface area contributed by atoms with Gasteiger partial charge in [0.2, 0.25) is 0 Å². The van der Waals surface area contributed by atoms with Crippen LogP contribution in [-0.4, -0.2) is 48.7 Å². The average Bonchev–Trinajstić information content (AvgIpc) is 2.95. The van der Waals surface area contributed by atoms with E-state index in [2.05, 4.69) is 24.1 Å². The lowest BCUT2D eigenvalue weighted by Gasteiger charge is -2.56. The van der Waals surface area contributed by atoms with Crippen molar-refractivity contribution in [3.8, 4) is 11.5 Å². The van der Waals surface area contributed by atoms with Crippen LogP contribution < -0.4 is 9.47 Å². The zero-order valence-electron chi connectivity index (χ0n) is 15.7. The second-order valence-electron chi connectivity index (χ2n) is 8.09. The predicted octanol–water partition coefficient (Wildman–Crippen LogP) is 1.99. The van der Waals surface area contributed by atoms with Crippen molar-refractivity contribution in [1.29, 1.82) is 0 Å². The van der Waals surface area contributed by atoms with Crippen molar-refractivity contribution in [1.82, 2.24) is 4.90 Å². The van der Waals surface area contributed by atoms with Crippen LogP contribution in [0.1, 0.15) is 31.4 Å². The van der Waals surface area contributed by atoms with Gasteiger partial charge in [0.15, 0.2) is 17.6 Å². The molecule has 2 heterocycles. The van der Waals surface area contributed by atoms with Crippen LogP contribution in [0.4, 0.5) is 0 Å². The molecule has 6 nitrogen and oxygen atoms in total. The first kappa shape index (κ1) is 16.8. The second-order valence-corrected chi connectivity index (χ2v) is 8.09. The second kappa shape index (κ2) is 5.58. The summed E-state index contributed by atoms with van der Waals surface area (Å²) in [4.78, 5) is 25.7. The minimum Gasteiger partial charge on any atom is -0.481 e. The number of hydrogen-bond donors (Lipinski definition) is 0. The minimum absolute atomic E-state index is 0.245. The SMILES string of the molecule is CC(=O)Oc1ccc2c3c1OC1[C@@H](OC(C)=O)C=C[C@H]4[C@H](C2)N(C)CC[C@]314. The van der Waals surface area contributed by atoms with E-state index >= 15 is 0 Å². The van der Waals surface area contributed by atoms with Crippen LogP contribution in [0.15, 0.2) is 24.3 Å². The number of hydrogen-bond acceptors (Lipinski definition) is 6. The molecule has 5 rings (SSSR count). The highest BCUT2D eigenvalue weighted by molar-refractivity contribution is 5.73. The average molecular weight is 369 g/mol. The van der Waals surface area contributed by atoms with Crippen molar-refractivity contribution in [2.75, 3.05) is 13.6 Å². The van der Waals surface area contributed by atoms with Gasteiger partial charge in [-0.05, 0) is 44.1 Å². The number of esters is 2. The zero-order valence-corrected chi connectivity index (χ0v) is 15.7. The lowest BCUT2D eigenvalue weighted by molar-refractivity contribution is -0.152. The van der Waals surface area contributed by atoms with E-state index in [1.165, 1.54) is 19.4 Å². The maximum atomic E-state index is 11.7. The number of rotatable bonds is 2. The molecule has 6 heteroatoms. The van der Waals surface area contributed by atoms with Crippen LogP contribution in [0.2, 0.25) is 0 Å². The number of likely N-dealkylation sites (N-methyl/N-ethyl adjacent to an activating group) is 1. The molecule has 27 heavy (non-hydrogen) atoms. The molecule has 1 fully saturated rings. The standard InChI is InChI=1S/C21H23NO5/c1-11(23)25-16-6-4-13-10-15-14-5-7-17(26-12(2)24)20-21(14,8-9-22(15)3)18(13)19(16)27-20/h4-7,14-15,17,20H,8-10H2,1-3H3/t14-,15-,17-,20?,21-/m0/s1. The molecule has 4 aliphatic rings. The Bertz CT molecular complexity index is 878. The number of likely N-dealkylation sites (tertiary alicyclic amines) is 1. The van der Waals surface area contributed by atoms with E-state index in [1.54, 1.807) is 0 Å². The lowest BCUT2D eigenvalue weighted by Crippen LogP contribution is -2.65. The van der Waals surface area contributed by atoms with E-state index in [0.29, 0.717) is 17.5 Å². The van der Waals surface area contributed by atoms with Crippen LogP contribution in [0.3, 0.4) is 0 Å². The summed E-state index contributed by atoms with van der Waals surface area (Å²) in [7, 11) is 2.17. The summed E-state index contributed by atoms with van der Waals surface area (Å²) in [5.41, 5.74) is 2.15. The molecule has 1 aromatic rings. The molecule has 1 spiro atoms. The van der Waals surface area contributed by atoms with Crippen LogP contribution in [-0.2, 0) is 26.2 Å². The molecule has 2 bridgehead atoms. The summed E-state index contributed by atoms with van der Waals surface area (Å²) in [6, 6.07) is 4.28. The van der Waals surface area contributed by atoms with Crippen LogP contribution >= 0.6 is 0 Å². The summed E-state index contributed by atoms with van der Waals surface area (Å²) >= 11 is 0. The Balaban J connectivity index is 1.71. The van der Waals surface area contributed by atoms with Gasteiger partial charge in [0, 0.05) is 36.8 Å². The minimum atomic E-state index is -0.439. The highest BCUT2D eigenvalue weighted by atomic mass is 16.6. The van der Waals surface area contributed by atoms with E-state index in [0.717, 1.165) is 24.9 Å². The largest absolute Gasteiger partial charge is 0.481 e. The van der Waals surface area contributed by atoms with Crippen molar-refractivity contribution < 1.29 is 23.8 Å². The zero-order chi connectivity index (χ0) is 18.9. The quantitative estimate of drug-likeness (QED) is 0.451. The Hall–Kier alpha value is -2.34. The van der Waals surface area contributed by atoms with E-state index < -0.39 is 6.10 Å². The van der Waals surface area contributed by atoms with Crippen molar-refractivity contribution in [3.63, 3.8) is 0 Å². The lowest BCUT2D eigenvalue weighted by atomic mass is 9.53. The number of piperidine rings is 1. The first-order valence-corrected chi connectivity index (χ1v) is 9.49. The maximum absolute atomic E-state index is 11.7. The van der Waals surface area contributed by atoms with E-state index in [9.17, 15) is 9.59 Å². The number of ether oxygens (including phenoxy) is 3. The maximum Gasteiger partial charge on any atom is 0.308 e.